The molecule has 0 aliphatic heterocycles. The molecule has 0 atom stereocenters. The maximum absolute atomic E-state index is 13.2. The van der Waals surface area contributed by atoms with Crippen LogP contribution in [0, 0.1) is 12.7 Å². The molecule has 1 heterocycles. The van der Waals surface area contributed by atoms with Gasteiger partial charge in [-0.15, -0.1) is 0 Å². The summed E-state index contributed by atoms with van der Waals surface area (Å²) in [6.07, 6.45) is 0. The summed E-state index contributed by atoms with van der Waals surface area (Å²) in [5, 5.41) is 0.626. The molecule has 0 N–H and O–H groups in total. The first kappa shape index (κ1) is 14.9. The van der Waals surface area contributed by atoms with Crippen molar-refractivity contribution >= 4 is 39.1 Å². The van der Waals surface area contributed by atoms with Crippen molar-refractivity contribution in [1.29, 1.82) is 0 Å². The zero-order valence-corrected chi connectivity index (χ0v) is 13.5. The second-order valence-corrected chi connectivity index (χ2v) is 6.30. The monoisotopic (exact) mass is 334 g/mol. The molecule has 1 amide bonds. The van der Waals surface area contributed by atoms with Crippen molar-refractivity contribution in [2.24, 2.45) is 12.0 Å². The molecule has 3 nitrogen and oxygen atoms in total. The van der Waals surface area contributed by atoms with Crippen molar-refractivity contribution in [1.82, 2.24) is 4.57 Å². The van der Waals surface area contributed by atoms with Crippen LogP contribution in [0.2, 0.25) is 5.02 Å². The third-order valence-electron chi connectivity index (χ3n) is 3.37. The molecule has 0 aliphatic carbocycles. The number of aryl methyl sites for hydroxylation is 2. The number of nitrogens with zero attached hydrogens (tertiary/aromatic N) is 2. The van der Waals surface area contributed by atoms with Gasteiger partial charge in [0.1, 0.15) is 5.82 Å². The molecule has 0 aliphatic rings. The van der Waals surface area contributed by atoms with Gasteiger partial charge < -0.3 is 4.57 Å². The van der Waals surface area contributed by atoms with E-state index in [-0.39, 0.29) is 5.56 Å². The number of benzene rings is 2. The van der Waals surface area contributed by atoms with E-state index in [9.17, 15) is 9.18 Å². The van der Waals surface area contributed by atoms with E-state index in [1.807, 2.05) is 30.7 Å². The normalized spacial score (nSPS) is 12.1. The molecular formula is C16H12ClFN2OS. The van der Waals surface area contributed by atoms with Crippen LogP contribution in [0.1, 0.15) is 15.9 Å². The van der Waals surface area contributed by atoms with Gasteiger partial charge in [0.2, 0.25) is 0 Å². The number of rotatable bonds is 1. The Balaban J connectivity index is 2.18. The Morgan fingerprint density at radius 1 is 1.32 bits per heavy atom. The van der Waals surface area contributed by atoms with Gasteiger partial charge in [-0.3, -0.25) is 4.79 Å². The Kier molecular flexibility index (Phi) is 3.85. The van der Waals surface area contributed by atoms with Crippen LogP contribution in [-0.4, -0.2) is 10.5 Å². The zero-order valence-electron chi connectivity index (χ0n) is 11.9. The average Bonchev–Trinajstić information content (AvgIpc) is 2.81. The summed E-state index contributed by atoms with van der Waals surface area (Å²) < 4.78 is 15.9. The van der Waals surface area contributed by atoms with E-state index in [0.717, 1.165) is 15.8 Å². The lowest BCUT2D eigenvalue weighted by Crippen LogP contribution is -2.13. The second kappa shape index (κ2) is 5.66. The Morgan fingerprint density at radius 3 is 2.77 bits per heavy atom. The lowest BCUT2D eigenvalue weighted by molar-refractivity contribution is 0.0997. The molecular weight excluding hydrogens is 323 g/mol. The fraction of sp³-hybridized carbons (Fsp3) is 0.125. The van der Waals surface area contributed by atoms with E-state index in [0.29, 0.717) is 9.82 Å². The number of carbonyl (C=O) groups is 1. The molecule has 0 saturated carbocycles. The molecule has 0 saturated heterocycles. The second-order valence-electron chi connectivity index (χ2n) is 4.91. The van der Waals surface area contributed by atoms with Gasteiger partial charge in [-0.2, -0.15) is 4.99 Å². The maximum atomic E-state index is 13.2. The van der Waals surface area contributed by atoms with Crippen molar-refractivity contribution in [3.8, 4) is 0 Å². The van der Waals surface area contributed by atoms with Crippen LogP contribution in [0.3, 0.4) is 0 Å². The van der Waals surface area contributed by atoms with Gasteiger partial charge in [-0.1, -0.05) is 35.1 Å². The van der Waals surface area contributed by atoms with Gasteiger partial charge in [0.15, 0.2) is 4.80 Å². The van der Waals surface area contributed by atoms with Crippen molar-refractivity contribution in [2.45, 2.75) is 6.92 Å². The van der Waals surface area contributed by atoms with Gasteiger partial charge in [-0.25, -0.2) is 4.39 Å². The fourth-order valence-corrected chi connectivity index (χ4v) is 3.65. The summed E-state index contributed by atoms with van der Waals surface area (Å²) in [5.41, 5.74) is 2.22. The Bertz CT molecular complexity index is 958. The van der Waals surface area contributed by atoms with Crippen LogP contribution in [0.5, 0.6) is 0 Å². The van der Waals surface area contributed by atoms with E-state index in [1.165, 1.54) is 29.5 Å². The summed E-state index contributed by atoms with van der Waals surface area (Å²) in [6, 6.07) is 9.25. The predicted molar refractivity (Wildman–Crippen MR) is 86.8 cm³/mol. The molecule has 0 unspecified atom stereocenters. The molecule has 112 valence electrons. The number of hydrogen-bond acceptors (Lipinski definition) is 2. The van der Waals surface area contributed by atoms with Gasteiger partial charge in [-0.05, 0) is 36.8 Å². The molecule has 0 radical (unpaired) electrons. The first-order valence-corrected chi connectivity index (χ1v) is 7.76. The summed E-state index contributed by atoms with van der Waals surface area (Å²) >= 11 is 7.55. The number of amides is 1. The standard InChI is InChI=1S/C16H12ClFN2OS/c1-9-6-7-12(17)14-13(9)20(2)16(22-14)19-15(21)10-4-3-5-11(18)8-10/h3-8H,1-2H3. The van der Waals surface area contributed by atoms with Gasteiger partial charge in [0.25, 0.3) is 5.91 Å². The third-order valence-corrected chi connectivity index (χ3v) is 4.96. The van der Waals surface area contributed by atoms with E-state index >= 15 is 0 Å². The highest BCUT2D eigenvalue weighted by Gasteiger charge is 2.11. The SMILES string of the molecule is Cc1ccc(Cl)c2sc(=NC(=O)c3cccc(F)c3)n(C)c12. The number of thiazole rings is 1. The van der Waals surface area contributed by atoms with Gasteiger partial charge in [0, 0.05) is 12.6 Å². The van der Waals surface area contributed by atoms with Crippen LogP contribution in [0.25, 0.3) is 10.2 Å². The van der Waals surface area contributed by atoms with Crippen LogP contribution in [-0.2, 0) is 7.05 Å². The van der Waals surface area contributed by atoms with Crippen molar-refractivity contribution in [3.63, 3.8) is 0 Å². The highest BCUT2D eigenvalue weighted by Crippen LogP contribution is 2.28. The van der Waals surface area contributed by atoms with E-state index in [4.69, 9.17) is 11.6 Å². The summed E-state index contributed by atoms with van der Waals surface area (Å²) in [7, 11) is 1.83. The lowest BCUT2D eigenvalue weighted by atomic mass is 10.2. The minimum atomic E-state index is -0.476. The largest absolute Gasteiger partial charge is 0.319 e. The molecule has 0 spiro atoms. The minimum absolute atomic E-state index is 0.222. The van der Waals surface area contributed by atoms with Crippen molar-refractivity contribution in [3.05, 3.63) is 63.2 Å². The summed E-state index contributed by atoms with van der Waals surface area (Å²) in [6.45, 7) is 1.98. The van der Waals surface area contributed by atoms with Crippen LogP contribution in [0.15, 0.2) is 41.4 Å². The van der Waals surface area contributed by atoms with Crippen molar-refractivity contribution < 1.29 is 9.18 Å². The molecule has 3 aromatic rings. The number of halogens is 2. The fourth-order valence-electron chi connectivity index (χ4n) is 2.29. The van der Waals surface area contributed by atoms with E-state index in [2.05, 4.69) is 4.99 Å². The zero-order chi connectivity index (χ0) is 15.9. The number of carbonyl (C=O) groups excluding carboxylic acids is 1. The van der Waals surface area contributed by atoms with E-state index < -0.39 is 11.7 Å². The summed E-state index contributed by atoms with van der Waals surface area (Å²) in [5.74, 6) is -0.934. The number of aromatic nitrogens is 1. The third kappa shape index (κ3) is 2.58. The van der Waals surface area contributed by atoms with E-state index in [1.54, 1.807) is 6.07 Å². The molecule has 2 aromatic carbocycles. The predicted octanol–water partition coefficient (Wildman–Crippen LogP) is 4.08. The highest BCUT2D eigenvalue weighted by atomic mass is 35.5. The number of hydrogen-bond donors (Lipinski definition) is 0. The molecule has 3 rings (SSSR count). The molecule has 0 bridgehead atoms. The summed E-state index contributed by atoms with van der Waals surface area (Å²) in [4.78, 5) is 16.8. The van der Waals surface area contributed by atoms with Gasteiger partial charge >= 0.3 is 0 Å². The Hall–Kier alpha value is -1.98. The lowest BCUT2D eigenvalue weighted by Gasteiger charge is -2.00. The first-order chi connectivity index (χ1) is 10.5. The first-order valence-electron chi connectivity index (χ1n) is 6.56. The Labute approximate surface area is 135 Å². The van der Waals surface area contributed by atoms with Gasteiger partial charge in [0.05, 0.1) is 15.2 Å². The highest BCUT2D eigenvalue weighted by molar-refractivity contribution is 7.17. The van der Waals surface area contributed by atoms with Crippen LogP contribution < -0.4 is 4.80 Å². The molecule has 1 aromatic heterocycles. The van der Waals surface area contributed by atoms with Crippen LogP contribution in [0.4, 0.5) is 4.39 Å². The van der Waals surface area contributed by atoms with Crippen molar-refractivity contribution in [2.75, 3.05) is 0 Å². The number of fused-ring (bicyclic) bond motifs is 1. The minimum Gasteiger partial charge on any atom is -0.319 e. The topological polar surface area (TPSA) is 34.4 Å². The molecule has 22 heavy (non-hydrogen) atoms. The molecule has 6 heteroatoms. The van der Waals surface area contributed by atoms with Crippen LogP contribution >= 0.6 is 22.9 Å². The quantitative estimate of drug-likeness (QED) is 0.660. The Morgan fingerprint density at radius 2 is 2.09 bits per heavy atom. The molecule has 0 fully saturated rings. The average molecular weight is 335 g/mol. The maximum Gasteiger partial charge on any atom is 0.279 e. The smallest absolute Gasteiger partial charge is 0.279 e.